The lowest BCUT2D eigenvalue weighted by atomic mass is 9.99. The molecule has 0 spiro atoms. The number of ketones is 1. The van der Waals surface area contributed by atoms with E-state index in [9.17, 15) is 37.1 Å². The Morgan fingerprint density at radius 3 is 2.26 bits per heavy atom. The summed E-state index contributed by atoms with van der Waals surface area (Å²) in [7, 11) is 0. The molecule has 0 saturated heterocycles. The summed E-state index contributed by atoms with van der Waals surface area (Å²) in [4.78, 5) is 67.4. The molecule has 3 aromatic rings. The number of Topliss-reactive ketones (excluding diaryl/α,β-unsaturated/α-hetero) is 1. The molecule has 1 aromatic carbocycles. The highest BCUT2D eigenvalue weighted by molar-refractivity contribution is 7.15. The van der Waals surface area contributed by atoms with Crippen LogP contribution in [0.5, 0.6) is 0 Å². The number of pyridine rings is 1. The molecule has 1 atom stereocenters. The zero-order chi connectivity index (χ0) is 34.2. The number of aromatic nitrogens is 2. The Labute approximate surface area is 266 Å². The predicted octanol–water partition coefficient (Wildman–Crippen LogP) is 5.38. The van der Waals surface area contributed by atoms with Crippen molar-refractivity contribution in [3.05, 3.63) is 63.9 Å². The lowest BCUT2D eigenvalue weighted by Crippen LogP contribution is -2.50. The van der Waals surface area contributed by atoms with Crippen LogP contribution in [0.3, 0.4) is 0 Å². The molecule has 1 unspecified atom stereocenters. The van der Waals surface area contributed by atoms with Gasteiger partial charge in [0.1, 0.15) is 17.8 Å². The summed E-state index contributed by atoms with van der Waals surface area (Å²) in [6, 6.07) is 9.31. The summed E-state index contributed by atoms with van der Waals surface area (Å²) in [5.74, 6) is -4.01. The summed E-state index contributed by atoms with van der Waals surface area (Å²) in [5.41, 5.74) is -1.03. The molecule has 3 N–H and O–H groups in total. The third-order valence-corrected chi connectivity index (χ3v) is 7.04. The number of hydrogen-bond donors (Lipinski definition) is 3. The van der Waals surface area contributed by atoms with Crippen LogP contribution in [0.1, 0.15) is 39.5 Å². The number of thiazole rings is 1. The van der Waals surface area contributed by atoms with Gasteiger partial charge in [-0.25, -0.2) is 14.6 Å². The number of hydrogen-bond acceptors (Lipinski definition) is 9. The second kappa shape index (κ2) is 15.0. The second-order valence-corrected chi connectivity index (χ2v) is 12.4. The van der Waals surface area contributed by atoms with Gasteiger partial charge >= 0.3 is 18.4 Å². The van der Waals surface area contributed by atoms with Crippen LogP contribution in [-0.4, -0.2) is 57.9 Å². The van der Waals surface area contributed by atoms with E-state index in [4.69, 9.17) is 9.47 Å². The number of carbonyl (C=O) groups excluding carboxylic acids is 4. The summed E-state index contributed by atoms with van der Waals surface area (Å²) in [6.07, 6.45) is -5.08. The highest BCUT2D eigenvalue weighted by atomic mass is 32.1. The van der Waals surface area contributed by atoms with Gasteiger partial charge in [0.2, 0.25) is 5.91 Å². The molecule has 3 rings (SSSR count). The highest BCUT2D eigenvalue weighted by Gasteiger charge is 2.45. The van der Waals surface area contributed by atoms with Crippen LogP contribution in [0.15, 0.2) is 53.5 Å². The standard InChI is InChI=1S/C30H34F3N5O7S/c1-17(2)23(24(40)30(31,32)33)36-22(39)16-38-21(18-9-7-6-8-10-18)12-11-20(25(38)41)35-27(42)44-14-13-19-15-34-26(46-19)37-28(43)45-29(3,4)5/h6-12,15,17,23H,13-14,16H2,1-5H3,(H,35,42)(H,36,39)(H,34,37,43). The first-order valence-corrected chi connectivity index (χ1v) is 14.8. The van der Waals surface area contributed by atoms with Crippen molar-refractivity contribution in [1.82, 2.24) is 14.9 Å². The largest absolute Gasteiger partial charge is 0.452 e. The topological polar surface area (TPSA) is 158 Å². The number of halogens is 3. The summed E-state index contributed by atoms with van der Waals surface area (Å²) < 4.78 is 50.7. The first-order chi connectivity index (χ1) is 21.4. The van der Waals surface area contributed by atoms with Crippen LogP contribution in [0, 0.1) is 5.92 Å². The van der Waals surface area contributed by atoms with E-state index in [0.29, 0.717) is 15.6 Å². The fourth-order valence-electron chi connectivity index (χ4n) is 4.03. The average Bonchev–Trinajstić information content (AvgIpc) is 3.39. The Morgan fingerprint density at radius 1 is 0.978 bits per heavy atom. The molecule has 2 aromatic heterocycles. The number of anilines is 2. The van der Waals surface area contributed by atoms with Gasteiger partial charge in [-0.1, -0.05) is 44.2 Å². The van der Waals surface area contributed by atoms with Gasteiger partial charge in [0, 0.05) is 17.5 Å². The number of benzene rings is 1. The van der Waals surface area contributed by atoms with E-state index in [1.807, 2.05) is 0 Å². The van der Waals surface area contributed by atoms with Crippen molar-refractivity contribution in [2.45, 2.75) is 65.4 Å². The third-order valence-electron chi connectivity index (χ3n) is 6.07. The number of carbonyl (C=O) groups is 4. The quantitative estimate of drug-likeness (QED) is 0.246. The van der Waals surface area contributed by atoms with E-state index in [1.165, 1.54) is 32.2 Å². The number of nitrogens with one attached hydrogen (secondary N) is 3. The van der Waals surface area contributed by atoms with Crippen molar-refractivity contribution in [3.8, 4) is 11.3 Å². The van der Waals surface area contributed by atoms with E-state index in [0.717, 1.165) is 15.9 Å². The van der Waals surface area contributed by atoms with Crippen molar-refractivity contribution in [3.63, 3.8) is 0 Å². The van der Waals surface area contributed by atoms with Gasteiger partial charge in [-0.15, -0.1) is 11.3 Å². The van der Waals surface area contributed by atoms with E-state index < -0.39 is 59.7 Å². The van der Waals surface area contributed by atoms with Gasteiger partial charge in [-0.2, -0.15) is 13.2 Å². The molecule has 0 bridgehead atoms. The van der Waals surface area contributed by atoms with Gasteiger partial charge in [-0.3, -0.25) is 29.6 Å². The molecule has 0 aliphatic heterocycles. The van der Waals surface area contributed by atoms with Crippen LogP contribution in [0.4, 0.5) is 33.6 Å². The maximum Gasteiger partial charge on any atom is 0.452 e. The number of rotatable bonds is 11. The Hall–Kier alpha value is -4.73. The van der Waals surface area contributed by atoms with E-state index >= 15 is 0 Å². The smallest absolute Gasteiger partial charge is 0.449 e. The molecule has 0 fully saturated rings. The van der Waals surface area contributed by atoms with E-state index in [1.54, 1.807) is 51.1 Å². The van der Waals surface area contributed by atoms with Gasteiger partial charge in [0.15, 0.2) is 5.13 Å². The number of amides is 3. The fraction of sp³-hybridized carbons (Fsp3) is 0.400. The molecule has 248 valence electrons. The minimum absolute atomic E-state index is 0.109. The Bertz CT molecular complexity index is 1620. The molecule has 46 heavy (non-hydrogen) atoms. The lowest BCUT2D eigenvalue weighted by Gasteiger charge is -2.23. The van der Waals surface area contributed by atoms with Crippen LogP contribution in [-0.2, 0) is 32.0 Å². The van der Waals surface area contributed by atoms with Crippen molar-refractivity contribution in [2.75, 3.05) is 17.2 Å². The second-order valence-electron chi connectivity index (χ2n) is 11.3. The molecule has 0 aliphatic rings. The van der Waals surface area contributed by atoms with Crippen molar-refractivity contribution >= 4 is 46.0 Å². The van der Waals surface area contributed by atoms with Crippen LogP contribution < -0.4 is 21.5 Å². The Morgan fingerprint density at radius 2 is 1.65 bits per heavy atom. The van der Waals surface area contributed by atoms with Gasteiger partial charge < -0.3 is 14.8 Å². The van der Waals surface area contributed by atoms with Crippen molar-refractivity contribution < 1.29 is 41.8 Å². The van der Waals surface area contributed by atoms with Crippen LogP contribution >= 0.6 is 11.3 Å². The molecule has 12 nitrogen and oxygen atoms in total. The molecule has 3 amide bonds. The zero-order valence-corrected chi connectivity index (χ0v) is 26.5. The minimum Gasteiger partial charge on any atom is -0.449 e. The van der Waals surface area contributed by atoms with Gasteiger partial charge in [0.25, 0.3) is 11.3 Å². The third kappa shape index (κ3) is 10.4. The SMILES string of the molecule is CC(C)C(NC(=O)Cn1c(-c2ccccc2)ccc(NC(=O)OCCc2cnc(NC(=O)OC(C)(C)C)s2)c1=O)C(=O)C(F)(F)F. The molecule has 0 radical (unpaired) electrons. The molecule has 2 heterocycles. The maximum atomic E-state index is 13.4. The van der Waals surface area contributed by atoms with Crippen molar-refractivity contribution in [1.29, 1.82) is 0 Å². The van der Waals surface area contributed by atoms with Crippen LogP contribution in [0.25, 0.3) is 11.3 Å². The number of alkyl halides is 3. The Kier molecular flexibility index (Phi) is 11.7. The first-order valence-electron chi connectivity index (χ1n) is 14.0. The summed E-state index contributed by atoms with van der Waals surface area (Å²) in [6.45, 7) is 7.01. The van der Waals surface area contributed by atoms with Crippen LogP contribution in [0.2, 0.25) is 0 Å². The summed E-state index contributed by atoms with van der Waals surface area (Å²) >= 11 is 1.15. The molecule has 0 aliphatic carbocycles. The zero-order valence-electron chi connectivity index (χ0n) is 25.7. The molecular weight excluding hydrogens is 631 g/mol. The first kappa shape index (κ1) is 35.7. The van der Waals surface area contributed by atoms with E-state index in [2.05, 4.69) is 20.9 Å². The van der Waals surface area contributed by atoms with Gasteiger partial charge in [0.05, 0.1) is 18.3 Å². The maximum absolute atomic E-state index is 13.4. The molecule has 16 heteroatoms. The molecule has 0 saturated carbocycles. The monoisotopic (exact) mass is 665 g/mol. The minimum atomic E-state index is -5.17. The Balaban J connectivity index is 1.71. The fourth-order valence-corrected chi connectivity index (χ4v) is 4.81. The lowest BCUT2D eigenvalue weighted by molar-refractivity contribution is -0.174. The van der Waals surface area contributed by atoms with Gasteiger partial charge in [-0.05, 0) is 44.4 Å². The molecular formula is C30H34F3N5O7S. The predicted molar refractivity (Wildman–Crippen MR) is 165 cm³/mol. The average molecular weight is 666 g/mol. The number of ether oxygens (including phenoxy) is 2. The highest BCUT2D eigenvalue weighted by Crippen LogP contribution is 2.23. The van der Waals surface area contributed by atoms with E-state index in [-0.39, 0.29) is 24.4 Å². The van der Waals surface area contributed by atoms with Crippen molar-refractivity contribution in [2.24, 2.45) is 5.92 Å². The number of nitrogens with zero attached hydrogens (tertiary/aromatic N) is 2. The summed E-state index contributed by atoms with van der Waals surface area (Å²) in [5, 5.41) is 7.22. The normalized spacial score (nSPS) is 12.3.